The lowest BCUT2D eigenvalue weighted by Gasteiger charge is -2.08. The van der Waals surface area contributed by atoms with E-state index < -0.39 is 0 Å². The van der Waals surface area contributed by atoms with E-state index in [0.29, 0.717) is 27.4 Å². The largest absolute Gasteiger partial charge is 0.416 e. The number of aromatic nitrogens is 2. The van der Waals surface area contributed by atoms with Crippen LogP contribution in [0.1, 0.15) is 11.1 Å². The number of benzene rings is 5. The molecular formula is C30H18Cl2N2O. The van der Waals surface area contributed by atoms with Crippen LogP contribution in [0.3, 0.4) is 0 Å². The fourth-order valence-electron chi connectivity index (χ4n) is 4.26. The van der Waals surface area contributed by atoms with E-state index in [1.54, 1.807) is 18.2 Å². The molecule has 6 rings (SSSR count). The second kappa shape index (κ2) is 9.03. The highest BCUT2D eigenvalue weighted by Crippen LogP contribution is 2.32. The van der Waals surface area contributed by atoms with Gasteiger partial charge in [-0.15, -0.1) is 10.2 Å². The molecule has 0 aliphatic rings. The molecule has 0 spiro atoms. The maximum absolute atomic E-state index is 6.28. The Kier molecular flexibility index (Phi) is 5.57. The van der Waals surface area contributed by atoms with E-state index >= 15 is 0 Å². The third-order valence-electron chi connectivity index (χ3n) is 6.00. The Morgan fingerprint density at radius 2 is 1.29 bits per heavy atom. The summed E-state index contributed by atoms with van der Waals surface area (Å²) in [5, 5.41) is 14.3. The first-order valence-electron chi connectivity index (χ1n) is 11.1. The topological polar surface area (TPSA) is 38.9 Å². The first-order chi connectivity index (χ1) is 17.2. The molecule has 1 heterocycles. The summed E-state index contributed by atoms with van der Waals surface area (Å²) >= 11 is 12.3. The molecule has 0 saturated carbocycles. The highest BCUT2D eigenvalue weighted by Gasteiger charge is 2.13. The van der Waals surface area contributed by atoms with Crippen LogP contribution in [0.2, 0.25) is 10.0 Å². The number of halogens is 2. The van der Waals surface area contributed by atoms with Gasteiger partial charge in [0, 0.05) is 10.6 Å². The molecule has 0 N–H and O–H groups in total. The van der Waals surface area contributed by atoms with Crippen LogP contribution in [0, 0.1) is 0 Å². The SMILES string of the molecule is Clc1ccc(-c2nnc(-c3ccc(/C=C/c4c5ccccc5cc5ccccc45)cc3)o2)c(Cl)c1. The minimum Gasteiger partial charge on any atom is -0.416 e. The lowest BCUT2D eigenvalue weighted by molar-refractivity contribution is 0.584. The fraction of sp³-hybridized carbons (Fsp3) is 0. The van der Waals surface area contributed by atoms with Gasteiger partial charge < -0.3 is 4.42 Å². The summed E-state index contributed by atoms with van der Waals surface area (Å²) in [5.41, 5.74) is 3.77. The smallest absolute Gasteiger partial charge is 0.249 e. The van der Waals surface area contributed by atoms with Crippen LogP contribution >= 0.6 is 23.2 Å². The van der Waals surface area contributed by atoms with Gasteiger partial charge in [0.25, 0.3) is 0 Å². The Labute approximate surface area is 212 Å². The summed E-state index contributed by atoms with van der Waals surface area (Å²) in [7, 11) is 0. The van der Waals surface area contributed by atoms with Crippen molar-refractivity contribution in [1.29, 1.82) is 0 Å². The summed E-state index contributed by atoms with van der Waals surface area (Å²) in [6, 6.07) is 32.4. The highest BCUT2D eigenvalue weighted by molar-refractivity contribution is 6.36. The lowest BCUT2D eigenvalue weighted by Crippen LogP contribution is -1.83. The average molecular weight is 493 g/mol. The first kappa shape index (κ1) is 21.6. The molecule has 3 nitrogen and oxygen atoms in total. The molecule has 1 aromatic heterocycles. The molecule has 0 bridgehead atoms. The monoisotopic (exact) mass is 492 g/mol. The zero-order chi connectivity index (χ0) is 23.8. The molecule has 0 atom stereocenters. The van der Waals surface area contributed by atoms with E-state index in [9.17, 15) is 0 Å². The molecule has 168 valence electrons. The van der Waals surface area contributed by atoms with Crippen molar-refractivity contribution in [3.63, 3.8) is 0 Å². The molecule has 6 aromatic rings. The molecule has 5 aromatic carbocycles. The minimum atomic E-state index is 0.355. The van der Waals surface area contributed by atoms with Crippen LogP contribution in [-0.2, 0) is 0 Å². The van der Waals surface area contributed by atoms with Crippen LogP contribution in [0.4, 0.5) is 0 Å². The number of rotatable bonds is 4. The Balaban J connectivity index is 1.31. The summed E-state index contributed by atoms with van der Waals surface area (Å²) in [5.74, 6) is 0.787. The van der Waals surface area contributed by atoms with Crippen molar-refractivity contribution in [3.8, 4) is 22.9 Å². The van der Waals surface area contributed by atoms with Gasteiger partial charge in [0.05, 0.1) is 10.6 Å². The van der Waals surface area contributed by atoms with E-state index in [2.05, 4.69) is 76.9 Å². The van der Waals surface area contributed by atoms with E-state index in [1.165, 1.54) is 27.1 Å². The zero-order valence-corrected chi connectivity index (χ0v) is 20.0. The van der Waals surface area contributed by atoms with Gasteiger partial charge in [0.2, 0.25) is 11.8 Å². The Hall–Kier alpha value is -3.92. The lowest BCUT2D eigenvalue weighted by atomic mass is 9.96. The molecule has 0 fully saturated rings. The maximum Gasteiger partial charge on any atom is 0.249 e. The van der Waals surface area contributed by atoms with Gasteiger partial charge in [0.15, 0.2) is 0 Å². The molecule has 5 heteroatoms. The average Bonchev–Trinajstić information content (AvgIpc) is 3.37. The van der Waals surface area contributed by atoms with E-state index in [-0.39, 0.29) is 0 Å². The fourth-order valence-corrected chi connectivity index (χ4v) is 4.75. The Morgan fingerprint density at radius 1 is 0.629 bits per heavy atom. The molecule has 0 aliphatic heterocycles. The number of hydrogen-bond acceptors (Lipinski definition) is 3. The summed E-state index contributed by atoms with van der Waals surface area (Å²) in [6.07, 6.45) is 4.32. The summed E-state index contributed by atoms with van der Waals surface area (Å²) in [4.78, 5) is 0. The van der Waals surface area contributed by atoms with Crippen molar-refractivity contribution in [2.45, 2.75) is 0 Å². The van der Waals surface area contributed by atoms with Gasteiger partial charge in [-0.1, -0.05) is 96.0 Å². The number of hydrogen-bond donors (Lipinski definition) is 0. The minimum absolute atomic E-state index is 0.355. The standard InChI is InChI=1S/C30H18Cl2N2O/c31-23-14-16-27(28(32)18-23)30-34-33-29(35-30)20-12-9-19(10-13-20)11-15-26-24-7-3-1-5-21(24)17-22-6-2-4-8-25(22)26/h1-18H/b15-11+. The van der Waals surface area contributed by atoms with E-state index in [1.807, 2.05) is 24.3 Å². The zero-order valence-electron chi connectivity index (χ0n) is 18.5. The molecular weight excluding hydrogens is 475 g/mol. The van der Waals surface area contributed by atoms with Gasteiger partial charge in [-0.25, -0.2) is 0 Å². The second-order valence-electron chi connectivity index (χ2n) is 8.22. The van der Waals surface area contributed by atoms with Gasteiger partial charge in [-0.05, 0) is 69.1 Å². The van der Waals surface area contributed by atoms with Crippen molar-refractivity contribution in [2.24, 2.45) is 0 Å². The van der Waals surface area contributed by atoms with Gasteiger partial charge in [-0.2, -0.15) is 0 Å². The van der Waals surface area contributed by atoms with Gasteiger partial charge >= 0.3 is 0 Å². The van der Waals surface area contributed by atoms with Crippen molar-refractivity contribution in [1.82, 2.24) is 10.2 Å². The molecule has 35 heavy (non-hydrogen) atoms. The second-order valence-corrected chi connectivity index (χ2v) is 9.07. The van der Waals surface area contributed by atoms with Crippen LogP contribution in [-0.4, -0.2) is 10.2 Å². The Morgan fingerprint density at radius 3 is 1.97 bits per heavy atom. The maximum atomic E-state index is 6.28. The summed E-state index contributed by atoms with van der Waals surface area (Å²) < 4.78 is 5.87. The van der Waals surface area contributed by atoms with E-state index in [0.717, 1.165) is 11.1 Å². The van der Waals surface area contributed by atoms with Crippen molar-refractivity contribution < 1.29 is 4.42 Å². The highest BCUT2D eigenvalue weighted by atomic mass is 35.5. The van der Waals surface area contributed by atoms with Gasteiger partial charge in [-0.3, -0.25) is 0 Å². The predicted molar refractivity (Wildman–Crippen MR) is 146 cm³/mol. The van der Waals surface area contributed by atoms with Crippen molar-refractivity contribution in [2.75, 3.05) is 0 Å². The first-order valence-corrected chi connectivity index (χ1v) is 11.9. The quantitative estimate of drug-likeness (QED) is 0.182. The number of fused-ring (bicyclic) bond motifs is 2. The third kappa shape index (κ3) is 4.21. The van der Waals surface area contributed by atoms with Crippen LogP contribution < -0.4 is 0 Å². The number of nitrogens with zero attached hydrogens (tertiary/aromatic N) is 2. The molecule has 0 amide bonds. The Bertz CT molecular complexity index is 1660. The summed E-state index contributed by atoms with van der Waals surface area (Å²) in [6.45, 7) is 0. The molecule has 0 radical (unpaired) electrons. The van der Waals surface area contributed by atoms with Crippen LogP contribution in [0.5, 0.6) is 0 Å². The van der Waals surface area contributed by atoms with Crippen LogP contribution in [0.25, 0.3) is 56.6 Å². The van der Waals surface area contributed by atoms with Gasteiger partial charge in [0.1, 0.15) is 0 Å². The predicted octanol–water partition coefficient (Wildman–Crippen LogP) is 9.19. The third-order valence-corrected chi connectivity index (χ3v) is 6.55. The molecule has 0 saturated heterocycles. The molecule has 0 unspecified atom stereocenters. The normalized spacial score (nSPS) is 11.6. The molecule has 0 aliphatic carbocycles. The van der Waals surface area contributed by atoms with Crippen LogP contribution in [0.15, 0.2) is 101 Å². The van der Waals surface area contributed by atoms with Crippen molar-refractivity contribution in [3.05, 3.63) is 118 Å². The van der Waals surface area contributed by atoms with E-state index in [4.69, 9.17) is 27.6 Å². The van der Waals surface area contributed by atoms with Crippen molar-refractivity contribution >= 4 is 56.9 Å².